The number of aromatic nitrogens is 3. The SMILES string of the molecule is COc1ccccc1-c1nn(C[NH+]2CCOCC2)c(=S)n1CCc1ccccc1. The highest BCUT2D eigenvalue weighted by molar-refractivity contribution is 7.71. The first-order chi connectivity index (χ1) is 14.3. The molecule has 0 spiro atoms. The summed E-state index contributed by atoms with van der Waals surface area (Å²) < 4.78 is 15.9. The molecule has 29 heavy (non-hydrogen) atoms. The van der Waals surface area contributed by atoms with Gasteiger partial charge in [-0.3, -0.25) is 4.57 Å². The van der Waals surface area contributed by atoms with Crippen LogP contribution in [0.1, 0.15) is 5.56 Å². The molecular formula is C22H27N4O2S+. The van der Waals surface area contributed by atoms with E-state index in [1.54, 1.807) is 7.11 Å². The summed E-state index contributed by atoms with van der Waals surface area (Å²) in [7, 11) is 1.69. The summed E-state index contributed by atoms with van der Waals surface area (Å²) >= 11 is 5.85. The second-order valence-electron chi connectivity index (χ2n) is 7.21. The van der Waals surface area contributed by atoms with Crippen molar-refractivity contribution in [1.29, 1.82) is 0 Å². The molecule has 1 saturated heterocycles. The Bertz CT molecular complexity index is 994. The monoisotopic (exact) mass is 411 g/mol. The lowest BCUT2D eigenvalue weighted by molar-refractivity contribution is -0.930. The van der Waals surface area contributed by atoms with Crippen molar-refractivity contribution in [3.05, 3.63) is 64.9 Å². The molecule has 1 aliphatic heterocycles. The molecule has 1 aliphatic rings. The van der Waals surface area contributed by atoms with Crippen LogP contribution in [0.15, 0.2) is 54.6 Å². The summed E-state index contributed by atoms with van der Waals surface area (Å²) in [5.74, 6) is 1.66. The summed E-state index contributed by atoms with van der Waals surface area (Å²) in [5.41, 5.74) is 2.25. The Morgan fingerprint density at radius 2 is 1.79 bits per heavy atom. The quantitative estimate of drug-likeness (QED) is 0.606. The van der Waals surface area contributed by atoms with Crippen LogP contribution in [0.5, 0.6) is 5.75 Å². The summed E-state index contributed by atoms with van der Waals surface area (Å²) in [6.45, 7) is 5.05. The molecule has 7 heteroatoms. The van der Waals surface area contributed by atoms with Gasteiger partial charge in [0.15, 0.2) is 12.5 Å². The maximum Gasteiger partial charge on any atom is 0.203 e. The Labute approximate surface area is 176 Å². The molecule has 0 radical (unpaired) electrons. The van der Waals surface area contributed by atoms with E-state index >= 15 is 0 Å². The minimum Gasteiger partial charge on any atom is -0.496 e. The van der Waals surface area contributed by atoms with Crippen LogP contribution in [-0.4, -0.2) is 47.8 Å². The Morgan fingerprint density at radius 1 is 1.07 bits per heavy atom. The summed E-state index contributed by atoms with van der Waals surface area (Å²) in [4.78, 5) is 1.44. The zero-order valence-corrected chi connectivity index (χ0v) is 17.5. The van der Waals surface area contributed by atoms with E-state index in [4.69, 9.17) is 26.8 Å². The highest BCUT2D eigenvalue weighted by Gasteiger charge is 2.20. The van der Waals surface area contributed by atoms with Crippen LogP contribution < -0.4 is 9.64 Å². The van der Waals surface area contributed by atoms with Crippen molar-refractivity contribution in [3.8, 4) is 17.1 Å². The molecule has 2 heterocycles. The number of rotatable bonds is 7. The highest BCUT2D eigenvalue weighted by atomic mass is 32.1. The van der Waals surface area contributed by atoms with Crippen LogP contribution >= 0.6 is 12.2 Å². The predicted octanol–water partition coefficient (Wildman–Crippen LogP) is 2.20. The van der Waals surface area contributed by atoms with Gasteiger partial charge in [-0.15, -0.1) is 5.10 Å². The number of benzene rings is 2. The number of quaternary nitrogens is 1. The average Bonchev–Trinajstić information content (AvgIpc) is 3.08. The van der Waals surface area contributed by atoms with Crippen LogP contribution in [0.4, 0.5) is 0 Å². The molecule has 0 amide bonds. The van der Waals surface area contributed by atoms with Crippen LogP contribution in [-0.2, 0) is 24.4 Å². The third-order valence-electron chi connectivity index (χ3n) is 5.31. The third-order valence-corrected chi connectivity index (χ3v) is 5.74. The number of hydrogen-bond donors (Lipinski definition) is 1. The lowest BCUT2D eigenvalue weighted by Crippen LogP contribution is -3.13. The average molecular weight is 412 g/mol. The highest BCUT2D eigenvalue weighted by Crippen LogP contribution is 2.28. The van der Waals surface area contributed by atoms with Crippen LogP contribution in [0, 0.1) is 4.77 Å². The van der Waals surface area contributed by atoms with E-state index in [0.29, 0.717) is 0 Å². The van der Waals surface area contributed by atoms with E-state index in [2.05, 4.69) is 28.8 Å². The van der Waals surface area contributed by atoms with E-state index in [-0.39, 0.29) is 0 Å². The van der Waals surface area contributed by atoms with Crippen LogP contribution in [0.2, 0.25) is 0 Å². The Morgan fingerprint density at radius 3 is 2.55 bits per heavy atom. The fourth-order valence-corrected chi connectivity index (χ4v) is 3.97. The largest absolute Gasteiger partial charge is 0.496 e. The van der Waals surface area contributed by atoms with E-state index in [0.717, 1.165) is 67.8 Å². The van der Waals surface area contributed by atoms with Gasteiger partial charge in [0.1, 0.15) is 18.8 Å². The number of nitrogens with zero attached hydrogens (tertiary/aromatic N) is 3. The molecule has 0 atom stereocenters. The lowest BCUT2D eigenvalue weighted by atomic mass is 10.1. The van der Waals surface area contributed by atoms with E-state index in [9.17, 15) is 0 Å². The van der Waals surface area contributed by atoms with Gasteiger partial charge in [0, 0.05) is 6.54 Å². The summed E-state index contributed by atoms with van der Waals surface area (Å²) in [5, 5.41) is 4.93. The number of morpholine rings is 1. The smallest absolute Gasteiger partial charge is 0.203 e. The minimum absolute atomic E-state index is 0.751. The molecule has 6 nitrogen and oxygen atoms in total. The standard InChI is InChI=1S/C22H26N4O2S/c1-27-20-10-6-5-9-19(20)21-23-26(17-24-13-15-28-16-14-24)22(29)25(21)12-11-18-7-3-2-4-8-18/h2-10H,11-17H2,1H3/p+1. The van der Waals surface area contributed by atoms with Crippen molar-refractivity contribution in [3.63, 3.8) is 0 Å². The molecule has 0 aliphatic carbocycles. The molecule has 1 fully saturated rings. The fourth-order valence-electron chi connectivity index (χ4n) is 3.69. The molecule has 0 bridgehead atoms. The predicted molar refractivity (Wildman–Crippen MR) is 115 cm³/mol. The first kappa shape index (κ1) is 19.8. The third kappa shape index (κ3) is 4.58. The fraction of sp³-hybridized carbons (Fsp3) is 0.364. The van der Waals surface area contributed by atoms with Crippen molar-refractivity contribution in [2.24, 2.45) is 0 Å². The minimum atomic E-state index is 0.751. The molecule has 4 rings (SSSR count). The first-order valence-electron chi connectivity index (χ1n) is 10.0. The van der Waals surface area contributed by atoms with Gasteiger partial charge >= 0.3 is 0 Å². The van der Waals surface area contributed by atoms with Gasteiger partial charge in [-0.2, -0.15) is 4.68 Å². The maximum absolute atomic E-state index is 5.85. The molecular weight excluding hydrogens is 384 g/mol. The van der Waals surface area contributed by atoms with Crippen molar-refractivity contribution in [2.45, 2.75) is 19.6 Å². The Kier molecular flexibility index (Phi) is 6.39. The van der Waals surface area contributed by atoms with Gasteiger partial charge in [-0.1, -0.05) is 42.5 Å². The van der Waals surface area contributed by atoms with Crippen molar-refractivity contribution >= 4 is 12.2 Å². The number of nitrogens with one attached hydrogen (secondary N) is 1. The molecule has 2 aromatic carbocycles. The van der Waals surface area contributed by atoms with E-state index < -0.39 is 0 Å². The molecule has 1 N–H and O–H groups in total. The molecule has 1 aromatic heterocycles. The zero-order valence-electron chi connectivity index (χ0n) is 16.7. The van der Waals surface area contributed by atoms with Gasteiger partial charge in [-0.25, -0.2) is 0 Å². The van der Waals surface area contributed by atoms with Gasteiger partial charge in [0.05, 0.1) is 25.9 Å². The van der Waals surface area contributed by atoms with Crippen LogP contribution in [0.3, 0.4) is 0 Å². The van der Waals surface area contributed by atoms with Gasteiger partial charge in [-0.05, 0) is 36.3 Å². The molecule has 0 saturated carbocycles. The van der Waals surface area contributed by atoms with Gasteiger partial charge < -0.3 is 14.4 Å². The number of para-hydroxylation sites is 1. The van der Waals surface area contributed by atoms with Gasteiger partial charge in [0.25, 0.3) is 0 Å². The summed E-state index contributed by atoms with van der Waals surface area (Å²) in [6, 6.07) is 18.5. The Hall–Kier alpha value is -2.48. The van der Waals surface area contributed by atoms with E-state index in [1.165, 1.54) is 10.5 Å². The number of ether oxygens (including phenoxy) is 2. The zero-order chi connectivity index (χ0) is 20.1. The summed E-state index contributed by atoms with van der Waals surface area (Å²) in [6.07, 6.45) is 0.896. The second-order valence-corrected chi connectivity index (χ2v) is 7.58. The molecule has 152 valence electrons. The Balaban J connectivity index is 1.69. The molecule has 0 unspecified atom stereocenters. The van der Waals surface area contributed by atoms with Crippen molar-refractivity contribution < 1.29 is 14.4 Å². The number of hydrogen-bond acceptors (Lipinski definition) is 4. The van der Waals surface area contributed by atoms with Crippen LogP contribution in [0.25, 0.3) is 11.4 Å². The molecule has 3 aromatic rings. The lowest BCUT2D eigenvalue weighted by Gasteiger charge is -2.23. The van der Waals surface area contributed by atoms with Gasteiger partial charge in [0.2, 0.25) is 4.77 Å². The van der Waals surface area contributed by atoms with Crippen molar-refractivity contribution in [2.75, 3.05) is 33.4 Å². The number of methoxy groups -OCH3 is 1. The number of aryl methyl sites for hydroxylation is 1. The first-order valence-corrected chi connectivity index (χ1v) is 10.4. The maximum atomic E-state index is 5.85. The second kappa shape index (κ2) is 9.35. The van der Waals surface area contributed by atoms with Crippen molar-refractivity contribution in [1.82, 2.24) is 14.3 Å². The topological polar surface area (TPSA) is 45.6 Å². The van der Waals surface area contributed by atoms with E-state index in [1.807, 2.05) is 35.0 Å². The normalized spacial score (nSPS) is 14.8.